The number of rotatable bonds is 6. The molecule has 1 rings (SSSR count). The molecule has 120 valence electrons. The van der Waals surface area contributed by atoms with Crippen molar-refractivity contribution < 1.29 is 21.6 Å². The van der Waals surface area contributed by atoms with E-state index >= 15 is 0 Å². The van der Waals surface area contributed by atoms with Crippen LogP contribution in [0.5, 0.6) is 0 Å². The SMILES string of the molecule is CC(C)N(CCCCl)c1ccccc1S(=O)(=O)C(F)(F)F. The fourth-order valence-electron chi connectivity index (χ4n) is 1.93. The number of sulfone groups is 1. The first kappa shape index (κ1) is 18.1. The van der Waals surface area contributed by atoms with Crippen LogP contribution in [0.25, 0.3) is 0 Å². The van der Waals surface area contributed by atoms with Gasteiger partial charge in [0.05, 0.1) is 10.6 Å². The molecule has 0 unspecified atom stereocenters. The minimum Gasteiger partial charge on any atom is -0.368 e. The number of halogens is 4. The molecule has 0 saturated carbocycles. The Labute approximate surface area is 127 Å². The Bertz CT molecular complexity index is 573. The van der Waals surface area contributed by atoms with Crippen LogP contribution in [0, 0.1) is 0 Å². The van der Waals surface area contributed by atoms with E-state index in [9.17, 15) is 21.6 Å². The van der Waals surface area contributed by atoms with E-state index in [1.165, 1.54) is 18.2 Å². The average molecular weight is 344 g/mol. The molecule has 0 aliphatic heterocycles. The van der Waals surface area contributed by atoms with E-state index in [1.807, 2.05) is 0 Å². The first-order chi connectivity index (χ1) is 9.63. The molecule has 0 aliphatic rings. The summed E-state index contributed by atoms with van der Waals surface area (Å²) < 4.78 is 61.8. The quantitative estimate of drug-likeness (QED) is 0.737. The molecule has 0 fully saturated rings. The number of alkyl halides is 4. The van der Waals surface area contributed by atoms with Crippen molar-refractivity contribution in [2.75, 3.05) is 17.3 Å². The third-order valence-corrected chi connectivity index (χ3v) is 4.73. The summed E-state index contributed by atoms with van der Waals surface area (Å²) in [6.07, 6.45) is 0.542. The molecule has 0 aliphatic carbocycles. The van der Waals surface area contributed by atoms with Gasteiger partial charge in [0.15, 0.2) is 0 Å². The zero-order chi connectivity index (χ0) is 16.3. The lowest BCUT2D eigenvalue weighted by molar-refractivity contribution is -0.0435. The molecule has 1 aromatic rings. The van der Waals surface area contributed by atoms with E-state index < -0.39 is 20.2 Å². The lowest BCUT2D eigenvalue weighted by atomic mass is 10.2. The molecular formula is C13H17ClF3NO2S. The number of nitrogens with zero attached hydrogens (tertiary/aromatic N) is 1. The van der Waals surface area contributed by atoms with Crippen LogP contribution in [0.15, 0.2) is 29.2 Å². The van der Waals surface area contributed by atoms with Crippen LogP contribution in [0.1, 0.15) is 20.3 Å². The molecule has 3 nitrogen and oxygen atoms in total. The molecule has 0 aromatic heterocycles. The van der Waals surface area contributed by atoms with Gasteiger partial charge < -0.3 is 4.90 Å². The molecule has 0 N–H and O–H groups in total. The summed E-state index contributed by atoms with van der Waals surface area (Å²) in [4.78, 5) is 0.891. The lowest BCUT2D eigenvalue weighted by Gasteiger charge is -2.30. The van der Waals surface area contributed by atoms with E-state index in [-0.39, 0.29) is 11.7 Å². The molecule has 0 heterocycles. The predicted molar refractivity (Wildman–Crippen MR) is 77.5 cm³/mol. The van der Waals surface area contributed by atoms with Crippen molar-refractivity contribution in [3.63, 3.8) is 0 Å². The van der Waals surface area contributed by atoms with E-state index in [1.54, 1.807) is 18.7 Å². The normalized spacial score (nSPS) is 12.7. The highest BCUT2D eigenvalue weighted by atomic mass is 35.5. The van der Waals surface area contributed by atoms with Gasteiger partial charge in [0.2, 0.25) is 0 Å². The number of anilines is 1. The van der Waals surface area contributed by atoms with E-state index in [4.69, 9.17) is 11.6 Å². The van der Waals surface area contributed by atoms with Crippen molar-refractivity contribution >= 4 is 27.1 Å². The Balaban J connectivity index is 3.38. The molecule has 0 spiro atoms. The van der Waals surface area contributed by atoms with Gasteiger partial charge in [-0.15, -0.1) is 11.6 Å². The minimum absolute atomic E-state index is 0.0509. The zero-order valence-corrected chi connectivity index (χ0v) is 13.3. The standard InChI is InChI=1S/C13H17ClF3NO2S/c1-10(2)18(9-5-8-14)11-6-3-4-7-12(11)21(19,20)13(15,16)17/h3-4,6-7,10H,5,8-9H2,1-2H3. The van der Waals surface area contributed by atoms with E-state index in [0.717, 1.165) is 6.07 Å². The maximum Gasteiger partial charge on any atom is 0.501 e. The van der Waals surface area contributed by atoms with Crippen LogP contribution >= 0.6 is 11.6 Å². The van der Waals surface area contributed by atoms with Crippen molar-refractivity contribution in [1.29, 1.82) is 0 Å². The highest BCUT2D eigenvalue weighted by Gasteiger charge is 2.48. The number of para-hydroxylation sites is 1. The fourth-order valence-corrected chi connectivity index (χ4v) is 3.02. The van der Waals surface area contributed by atoms with Gasteiger partial charge in [-0.3, -0.25) is 0 Å². The van der Waals surface area contributed by atoms with Gasteiger partial charge in [-0.05, 0) is 32.4 Å². The smallest absolute Gasteiger partial charge is 0.368 e. The largest absolute Gasteiger partial charge is 0.501 e. The van der Waals surface area contributed by atoms with Crippen molar-refractivity contribution in [3.05, 3.63) is 24.3 Å². The van der Waals surface area contributed by atoms with Crippen molar-refractivity contribution in [2.45, 2.75) is 36.7 Å². The molecule has 0 amide bonds. The van der Waals surface area contributed by atoms with Crippen molar-refractivity contribution in [3.8, 4) is 0 Å². The molecule has 0 bridgehead atoms. The maximum atomic E-state index is 12.8. The number of hydrogen-bond donors (Lipinski definition) is 0. The first-order valence-corrected chi connectivity index (χ1v) is 8.37. The first-order valence-electron chi connectivity index (χ1n) is 6.36. The van der Waals surface area contributed by atoms with Crippen LogP contribution < -0.4 is 4.90 Å². The molecule has 1 aromatic carbocycles. The molecule has 21 heavy (non-hydrogen) atoms. The summed E-state index contributed by atoms with van der Waals surface area (Å²) in [6.45, 7) is 3.95. The Kier molecular flexibility index (Phi) is 5.92. The topological polar surface area (TPSA) is 37.4 Å². The highest BCUT2D eigenvalue weighted by Crippen LogP contribution is 2.36. The minimum atomic E-state index is -5.39. The molecule has 0 radical (unpaired) electrons. The summed E-state index contributed by atoms with van der Waals surface area (Å²) in [5.41, 5.74) is -5.27. The second kappa shape index (κ2) is 6.87. The molecular weight excluding hydrogens is 327 g/mol. The van der Waals surface area contributed by atoms with Gasteiger partial charge in [-0.1, -0.05) is 12.1 Å². The lowest BCUT2D eigenvalue weighted by Crippen LogP contribution is -2.34. The Morgan fingerprint density at radius 1 is 1.24 bits per heavy atom. The molecule has 0 saturated heterocycles. The van der Waals surface area contributed by atoms with Gasteiger partial charge in [0.25, 0.3) is 9.84 Å². The van der Waals surface area contributed by atoms with Crippen LogP contribution in [-0.4, -0.2) is 32.4 Å². The summed E-state index contributed by atoms with van der Waals surface area (Å²) in [6, 6.07) is 5.00. The molecule has 0 atom stereocenters. The van der Waals surface area contributed by atoms with Crippen LogP contribution in [0.4, 0.5) is 18.9 Å². The van der Waals surface area contributed by atoms with Gasteiger partial charge in [0.1, 0.15) is 0 Å². The summed E-state index contributed by atoms with van der Waals surface area (Å²) >= 11 is 5.62. The van der Waals surface area contributed by atoms with Crippen LogP contribution in [0.2, 0.25) is 0 Å². The molecule has 8 heteroatoms. The number of benzene rings is 1. The summed E-state index contributed by atoms with van der Waals surface area (Å²) in [5.74, 6) is 0.345. The van der Waals surface area contributed by atoms with Gasteiger partial charge in [-0.25, -0.2) is 8.42 Å². The van der Waals surface area contributed by atoms with Gasteiger partial charge in [0, 0.05) is 18.5 Å². The van der Waals surface area contributed by atoms with Gasteiger partial charge >= 0.3 is 5.51 Å². The zero-order valence-electron chi connectivity index (χ0n) is 11.7. The summed E-state index contributed by atoms with van der Waals surface area (Å²) in [5, 5.41) is 0. The number of hydrogen-bond acceptors (Lipinski definition) is 3. The Morgan fingerprint density at radius 3 is 2.29 bits per heavy atom. The summed E-state index contributed by atoms with van der Waals surface area (Å²) in [7, 11) is -5.39. The second-order valence-electron chi connectivity index (χ2n) is 4.75. The third-order valence-electron chi connectivity index (χ3n) is 2.92. The van der Waals surface area contributed by atoms with E-state index in [2.05, 4.69) is 0 Å². The highest BCUT2D eigenvalue weighted by molar-refractivity contribution is 7.92. The van der Waals surface area contributed by atoms with Crippen LogP contribution in [-0.2, 0) is 9.84 Å². The maximum absolute atomic E-state index is 12.8. The average Bonchev–Trinajstić information content (AvgIpc) is 2.38. The van der Waals surface area contributed by atoms with Crippen molar-refractivity contribution in [2.24, 2.45) is 0 Å². The monoisotopic (exact) mass is 343 g/mol. The van der Waals surface area contributed by atoms with Crippen molar-refractivity contribution in [1.82, 2.24) is 0 Å². The Hall–Kier alpha value is -0.950. The van der Waals surface area contributed by atoms with Gasteiger partial charge in [-0.2, -0.15) is 13.2 Å². The second-order valence-corrected chi connectivity index (χ2v) is 7.03. The van der Waals surface area contributed by atoms with E-state index in [0.29, 0.717) is 18.8 Å². The van der Waals surface area contributed by atoms with Crippen LogP contribution in [0.3, 0.4) is 0 Å². The fraction of sp³-hybridized carbons (Fsp3) is 0.538. The predicted octanol–water partition coefficient (Wildman–Crippen LogP) is 3.82. The third kappa shape index (κ3) is 4.03. The Morgan fingerprint density at radius 2 is 1.81 bits per heavy atom.